The largest absolute Gasteiger partial charge is 0.390 e. The molecule has 1 aromatic carbocycles. The van der Waals surface area contributed by atoms with E-state index in [1.54, 1.807) is 18.7 Å². The summed E-state index contributed by atoms with van der Waals surface area (Å²) in [6.07, 6.45) is 6.20. The van der Waals surface area contributed by atoms with Gasteiger partial charge < -0.3 is 15.7 Å². The van der Waals surface area contributed by atoms with Crippen molar-refractivity contribution >= 4 is 33.4 Å². The van der Waals surface area contributed by atoms with Gasteiger partial charge in [0.2, 0.25) is 11.8 Å². The summed E-state index contributed by atoms with van der Waals surface area (Å²) in [5.74, 6) is 0.340. The average Bonchev–Trinajstić information content (AvgIpc) is 2.86. The Kier molecular flexibility index (Phi) is 11.9. The van der Waals surface area contributed by atoms with Crippen LogP contribution >= 0.6 is 11.8 Å². The minimum absolute atomic E-state index is 0.00860. The molecule has 1 saturated heterocycles. The van der Waals surface area contributed by atoms with Crippen molar-refractivity contribution in [2.45, 2.75) is 94.8 Å². The van der Waals surface area contributed by atoms with Crippen molar-refractivity contribution in [2.75, 3.05) is 30.9 Å². The summed E-state index contributed by atoms with van der Waals surface area (Å²) in [4.78, 5) is 29.7. The summed E-state index contributed by atoms with van der Waals surface area (Å²) in [6, 6.07) is 9.06. The Hall–Kier alpha value is -1.62. The van der Waals surface area contributed by atoms with Gasteiger partial charge in [-0.25, -0.2) is 8.42 Å². The molecule has 1 saturated carbocycles. The molecule has 8 nitrogen and oxygen atoms in total. The number of sulfone groups is 1. The van der Waals surface area contributed by atoms with Crippen molar-refractivity contribution in [3.05, 3.63) is 30.3 Å². The lowest BCUT2D eigenvalue weighted by molar-refractivity contribution is -0.133. The Bertz CT molecular complexity index is 1080. The molecular weight excluding hydrogens is 546 g/mol. The molecule has 3 rings (SSSR count). The summed E-state index contributed by atoms with van der Waals surface area (Å²) in [5.41, 5.74) is -0.355. The highest BCUT2D eigenvalue weighted by atomic mass is 32.2. The molecule has 1 aliphatic carbocycles. The van der Waals surface area contributed by atoms with Gasteiger partial charge in [0, 0.05) is 41.5 Å². The molecule has 6 atom stereocenters. The number of aliphatic hydroxyl groups is 1. The van der Waals surface area contributed by atoms with E-state index in [2.05, 4.69) is 15.5 Å². The van der Waals surface area contributed by atoms with E-state index in [0.29, 0.717) is 24.0 Å². The second-order valence-electron chi connectivity index (χ2n) is 12.9. The van der Waals surface area contributed by atoms with Gasteiger partial charge >= 0.3 is 0 Å². The second kappa shape index (κ2) is 14.5. The van der Waals surface area contributed by atoms with E-state index in [4.69, 9.17) is 0 Å². The zero-order chi connectivity index (χ0) is 29.5. The maximum absolute atomic E-state index is 13.4. The summed E-state index contributed by atoms with van der Waals surface area (Å²) in [5, 5.41) is 17.6. The van der Waals surface area contributed by atoms with Crippen molar-refractivity contribution in [2.24, 2.45) is 17.8 Å². The van der Waals surface area contributed by atoms with Crippen LogP contribution in [0.3, 0.4) is 0 Å². The van der Waals surface area contributed by atoms with Gasteiger partial charge in [0.15, 0.2) is 0 Å². The van der Waals surface area contributed by atoms with Gasteiger partial charge in [0.05, 0.1) is 23.9 Å². The third-order valence-corrected chi connectivity index (χ3v) is 10.1. The molecule has 1 aliphatic heterocycles. The molecule has 2 aliphatic rings. The second-order valence-corrected chi connectivity index (χ2v) is 16.2. The number of likely N-dealkylation sites (tertiary alicyclic amines) is 1. The maximum atomic E-state index is 13.4. The number of thioether (sulfide) groups is 1. The zero-order valence-electron chi connectivity index (χ0n) is 24.8. The predicted molar refractivity (Wildman–Crippen MR) is 162 cm³/mol. The first-order valence-corrected chi connectivity index (χ1v) is 17.7. The van der Waals surface area contributed by atoms with E-state index in [-0.39, 0.29) is 35.7 Å². The Morgan fingerprint density at radius 3 is 2.40 bits per heavy atom. The van der Waals surface area contributed by atoms with E-state index in [1.807, 2.05) is 51.1 Å². The van der Waals surface area contributed by atoms with E-state index in [0.717, 1.165) is 37.0 Å². The Balaban J connectivity index is 1.75. The highest BCUT2D eigenvalue weighted by Gasteiger charge is 2.41. The summed E-state index contributed by atoms with van der Waals surface area (Å²) < 4.78 is 23.6. The molecule has 2 fully saturated rings. The standard InChI is InChI=1S/C30H49N3O5S2/c1-21(20-40(5,37)38)28(35)31-25(15-16-39-24-13-7-6-8-14-24)27(34)19-33-18-23-12-10-9-11-22(23)17-26(33)29(36)32-30(2,3)4/h6-8,13-14,21-23,25-27,34H,9-12,15-20H2,1-5H3,(H,31,35)(H,32,36)/t21-,22+,23-,25+,26+,27-/m1/s1. The summed E-state index contributed by atoms with van der Waals surface area (Å²) in [6.45, 7) is 8.55. The zero-order valence-corrected chi connectivity index (χ0v) is 26.4. The van der Waals surface area contributed by atoms with Crippen LogP contribution in [0.15, 0.2) is 35.2 Å². The highest BCUT2D eigenvalue weighted by molar-refractivity contribution is 7.99. The van der Waals surface area contributed by atoms with E-state index < -0.39 is 27.9 Å². The number of hydrogen-bond donors (Lipinski definition) is 3. The number of rotatable bonds is 12. The van der Waals surface area contributed by atoms with Crippen LogP contribution < -0.4 is 10.6 Å². The molecule has 0 aromatic heterocycles. The van der Waals surface area contributed by atoms with E-state index in [1.165, 1.54) is 12.8 Å². The molecule has 0 radical (unpaired) electrons. The monoisotopic (exact) mass is 595 g/mol. The number of nitrogens with one attached hydrogen (secondary N) is 2. The molecule has 0 bridgehead atoms. The molecular formula is C30H49N3O5S2. The van der Waals surface area contributed by atoms with Gasteiger partial charge in [-0.1, -0.05) is 44.4 Å². The number of amides is 2. The van der Waals surface area contributed by atoms with Gasteiger partial charge in [-0.2, -0.15) is 0 Å². The third-order valence-electron chi connectivity index (χ3n) is 7.96. The third kappa shape index (κ3) is 10.7. The van der Waals surface area contributed by atoms with Crippen molar-refractivity contribution < 1.29 is 23.1 Å². The fourth-order valence-corrected chi connectivity index (χ4v) is 8.05. The summed E-state index contributed by atoms with van der Waals surface area (Å²) >= 11 is 1.65. The van der Waals surface area contributed by atoms with Crippen LogP contribution in [0.25, 0.3) is 0 Å². The van der Waals surface area contributed by atoms with Crippen LogP contribution in [0.4, 0.5) is 0 Å². The predicted octanol–water partition coefficient (Wildman–Crippen LogP) is 3.49. The molecule has 2 amide bonds. The number of carbonyl (C=O) groups excluding carboxylic acids is 2. The van der Waals surface area contributed by atoms with Crippen molar-refractivity contribution in [1.82, 2.24) is 15.5 Å². The molecule has 0 unspecified atom stereocenters. The Morgan fingerprint density at radius 1 is 1.12 bits per heavy atom. The van der Waals surface area contributed by atoms with Crippen LogP contribution in [0.5, 0.6) is 0 Å². The number of fused-ring (bicyclic) bond motifs is 1. The number of benzene rings is 1. The Labute approximate surface area is 245 Å². The molecule has 3 N–H and O–H groups in total. The maximum Gasteiger partial charge on any atom is 0.237 e. The quantitative estimate of drug-likeness (QED) is 0.317. The van der Waals surface area contributed by atoms with Gasteiger partial charge in [0.1, 0.15) is 9.84 Å². The number of hydrogen-bond acceptors (Lipinski definition) is 7. The van der Waals surface area contributed by atoms with Crippen LogP contribution in [0.2, 0.25) is 0 Å². The fraction of sp³-hybridized carbons (Fsp3) is 0.733. The number of β-amino-alcohol motifs (C(OH)–C–C–N with tert-alkyl or cyclic N) is 1. The SMILES string of the molecule is C[C@H](CS(C)(=O)=O)C(=O)N[C@@H](CCSc1ccccc1)[C@H](O)CN1C[C@H]2CCCC[C@H]2C[C@H]1C(=O)NC(C)(C)C. The minimum atomic E-state index is -3.32. The summed E-state index contributed by atoms with van der Waals surface area (Å²) in [7, 11) is -3.32. The van der Waals surface area contributed by atoms with Gasteiger partial charge in [-0.15, -0.1) is 11.8 Å². The number of nitrogens with zero attached hydrogens (tertiary/aromatic N) is 1. The van der Waals surface area contributed by atoms with Crippen LogP contribution in [0.1, 0.15) is 66.2 Å². The molecule has 0 spiro atoms. The molecule has 1 aromatic rings. The number of piperidine rings is 1. The lowest BCUT2D eigenvalue weighted by Crippen LogP contribution is -2.60. The van der Waals surface area contributed by atoms with E-state index in [9.17, 15) is 23.1 Å². The smallest absolute Gasteiger partial charge is 0.237 e. The van der Waals surface area contributed by atoms with E-state index >= 15 is 0 Å². The molecule has 226 valence electrons. The van der Waals surface area contributed by atoms with Crippen molar-refractivity contribution in [3.8, 4) is 0 Å². The van der Waals surface area contributed by atoms with Gasteiger partial charge in [0.25, 0.3) is 0 Å². The van der Waals surface area contributed by atoms with Gasteiger partial charge in [-0.05, 0) is 64.0 Å². The van der Waals surface area contributed by atoms with Gasteiger partial charge in [-0.3, -0.25) is 14.5 Å². The topological polar surface area (TPSA) is 116 Å². The van der Waals surface area contributed by atoms with Crippen LogP contribution in [-0.4, -0.2) is 84.8 Å². The fourth-order valence-electron chi connectivity index (χ4n) is 6.03. The lowest BCUT2D eigenvalue weighted by atomic mass is 9.72. The van der Waals surface area contributed by atoms with Crippen molar-refractivity contribution in [1.29, 1.82) is 0 Å². The average molecular weight is 596 g/mol. The Morgan fingerprint density at radius 2 is 1.77 bits per heavy atom. The number of carbonyl (C=O) groups is 2. The van der Waals surface area contributed by atoms with Crippen LogP contribution in [-0.2, 0) is 19.4 Å². The first kappa shape index (κ1) is 32.9. The van der Waals surface area contributed by atoms with Crippen LogP contribution in [0, 0.1) is 17.8 Å². The van der Waals surface area contributed by atoms with Crippen molar-refractivity contribution in [3.63, 3.8) is 0 Å². The first-order chi connectivity index (χ1) is 18.7. The molecule has 10 heteroatoms. The molecule has 1 heterocycles. The first-order valence-electron chi connectivity index (χ1n) is 14.6. The highest BCUT2D eigenvalue weighted by Crippen LogP contribution is 2.39. The lowest BCUT2D eigenvalue weighted by Gasteiger charge is -2.47. The minimum Gasteiger partial charge on any atom is -0.390 e. The normalized spacial score (nSPS) is 24.4. The molecule has 40 heavy (non-hydrogen) atoms. The number of aliphatic hydroxyl groups excluding tert-OH is 1.